The molecule has 3 N–H and O–H groups in total. The number of anilines is 2. The van der Waals surface area contributed by atoms with Gasteiger partial charge in [-0.3, -0.25) is 29.6 Å². The highest BCUT2D eigenvalue weighted by molar-refractivity contribution is 6.00. The number of para-hydroxylation sites is 1. The largest absolute Gasteiger partial charge is 0.457 e. The van der Waals surface area contributed by atoms with Crippen LogP contribution in [0.25, 0.3) is 22.3 Å². The fourth-order valence-corrected chi connectivity index (χ4v) is 9.02. The SMILES string of the molecule is Nc1ncnc2c1c(-c1ccc(Oc3ccccc3)cc1)nn2C1CCN(C2CN(C3CN(c4ccc5c(c4)CN([C@@H]4CCC(=O)NC4=O)C5)C3)C2)CC1. The molecular weight excluding hydrogens is 681 g/mol. The van der Waals surface area contributed by atoms with E-state index in [1.54, 1.807) is 0 Å². The Labute approximate surface area is 313 Å². The number of nitrogens with two attached hydrogens (primary N) is 1. The zero-order valence-corrected chi connectivity index (χ0v) is 30.2. The van der Waals surface area contributed by atoms with Crippen LogP contribution in [-0.2, 0) is 22.7 Å². The van der Waals surface area contributed by atoms with Gasteiger partial charge in [0, 0.05) is 82.1 Å². The number of amides is 2. The van der Waals surface area contributed by atoms with Gasteiger partial charge in [0.15, 0.2) is 5.65 Å². The topological polar surface area (TPSA) is 138 Å². The summed E-state index contributed by atoms with van der Waals surface area (Å²) < 4.78 is 8.10. The van der Waals surface area contributed by atoms with Crippen LogP contribution in [0.1, 0.15) is 42.9 Å². The van der Waals surface area contributed by atoms with Crippen molar-refractivity contribution in [2.75, 3.05) is 49.9 Å². The van der Waals surface area contributed by atoms with Crippen molar-refractivity contribution in [3.05, 3.63) is 90.3 Å². The van der Waals surface area contributed by atoms with Gasteiger partial charge in [-0.25, -0.2) is 14.6 Å². The number of carbonyl (C=O) groups is 2. The molecule has 5 aromatic rings. The predicted molar refractivity (Wildman–Crippen MR) is 205 cm³/mol. The molecule has 4 fully saturated rings. The zero-order chi connectivity index (χ0) is 36.3. The minimum atomic E-state index is -0.222. The number of hydrogen-bond donors (Lipinski definition) is 2. The molecule has 0 spiro atoms. The number of rotatable bonds is 8. The average Bonchev–Trinajstić information content (AvgIpc) is 3.75. The van der Waals surface area contributed by atoms with Gasteiger partial charge >= 0.3 is 0 Å². The van der Waals surface area contributed by atoms with E-state index >= 15 is 0 Å². The van der Waals surface area contributed by atoms with Crippen molar-refractivity contribution in [1.82, 2.24) is 39.8 Å². The van der Waals surface area contributed by atoms with Crippen LogP contribution >= 0.6 is 0 Å². The zero-order valence-electron chi connectivity index (χ0n) is 30.2. The van der Waals surface area contributed by atoms with Crippen LogP contribution in [0.4, 0.5) is 11.5 Å². The lowest BCUT2D eigenvalue weighted by Gasteiger charge is -2.55. The number of piperidine rings is 2. The smallest absolute Gasteiger partial charge is 0.243 e. The number of nitrogen functional groups attached to an aromatic ring is 1. The van der Waals surface area contributed by atoms with Crippen molar-refractivity contribution in [3.63, 3.8) is 0 Å². The number of benzene rings is 3. The van der Waals surface area contributed by atoms with Gasteiger partial charge in [-0.2, -0.15) is 5.10 Å². The minimum absolute atomic E-state index is 0.156. The predicted octanol–water partition coefficient (Wildman–Crippen LogP) is 4.20. The van der Waals surface area contributed by atoms with E-state index in [1.165, 1.54) is 23.1 Å². The molecule has 1 atom stereocenters. The first-order valence-electron chi connectivity index (χ1n) is 19.2. The maximum atomic E-state index is 12.4. The number of ether oxygens (including phenoxy) is 1. The van der Waals surface area contributed by atoms with Crippen molar-refractivity contribution in [1.29, 1.82) is 0 Å². The number of hydrogen-bond acceptors (Lipinski definition) is 11. The number of likely N-dealkylation sites (tertiary alicyclic amines) is 2. The molecule has 7 heterocycles. The second-order valence-corrected chi connectivity index (χ2v) is 15.4. The van der Waals surface area contributed by atoms with Crippen LogP contribution in [0.2, 0.25) is 0 Å². The number of fused-ring (bicyclic) bond motifs is 2. The first-order valence-corrected chi connectivity index (χ1v) is 19.2. The molecule has 0 unspecified atom stereocenters. The van der Waals surface area contributed by atoms with Crippen LogP contribution in [-0.4, -0.2) is 104 Å². The normalized spacial score (nSPS) is 21.9. The fraction of sp³-hybridized carbons (Fsp3) is 0.390. The summed E-state index contributed by atoms with van der Waals surface area (Å²) >= 11 is 0. The lowest BCUT2D eigenvalue weighted by Crippen LogP contribution is -2.70. The highest BCUT2D eigenvalue weighted by Gasteiger charge is 2.42. The standard InChI is InChI=1S/C41H44N10O3/c42-39-37-38(26-7-10-34(11-8-26)54-33-4-2-1-3-5-33)46-51(40(37)44-25-43-39)29-14-16-47(17-15-29)31-21-49(22-31)32-23-48(24-32)30-9-6-27-19-50(20-28(27)18-30)35-12-13-36(52)45-41(35)53/h1-11,18,25,29,31-32,35H,12-17,19-24H2,(H2,42,43,44)(H,45,52,53)/t35-/m1/s1. The monoisotopic (exact) mass is 724 g/mol. The van der Waals surface area contributed by atoms with Crippen molar-refractivity contribution in [2.24, 2.45) is 0 Å². The molecule has 4 saturated heterocycles. The third kappa shape index (κ3) is 6.05. The summed E-state index contributed by atoms with van der Waals surface area (Å²) in [6, 6.07) is 25.7. The summed E-state index contributed by atoms with van der Waals surface area (Å²) in [5.41, 5.74) is 12.8. The Bertz CT molecular complexity index is 2210. The van der Waals surface area contributed by atoms with Crippen molar-refractivity contribution in [3.8, 4) is 22.8 Å². The van der Waals surface area contributed by atoms with Crippen LogP contribution in [0, 0.1) is 0 Å². The molecule has 13 heteroatoms. The number of imide groups is 1. The van der Waals surface area contributed by atoms with Crippen LogP contribution in [0.3, 0.4) is 0 Å². The van der Waals surface area contributed by atoms with Crippen molar-refractivity contribution >= 4 is 34.4 Å². The molecule has 13 nitrogen and oxygen atoms in total. The highest BCUT2D eigenvalue weighted by Crippen LogP contribution is 2.37. The van der Waals surface area contributed by atoms with Crippen LogP contribution in [0.5, 0.6) is 11.5 Å². The first kappa shape index (κ1) is 33.2. The highest BCUT2D eigenvalue weighted by atomic mass is 16.5. The number of carbonyl (C=O) groups excluding carboxylic acids is 2. The Morgan fingerprint density at radius 1 is 0.741 bits per heavy atom. The van der Waals surface area contributed by atoms with Gasteiger partial charge in [0.1, 0.15) is 29.3 Å². The van der Waals surface area contributed by atoms with E-state index in [9.17, 15) is 9.59 Å². The van der Waals surface area contributed by atoms with Crippen LogP contribution in [0.15, 0.2) is 79.1 Å². The molecule has 5 aliphatic rings. The summed E-state index contributed by atoms with van der Waals surface area (Å²) in [5.74, 6) is 1.68. The lowest BCUT2D eigenvalue weighted by molar-refractivity contribution is -0.137. The molecule has 3 aromatic carbocycles. The van der Waals surface area contributed by atoms with Gasteiger partial charge < -0.3 is 15.4 Å². The third-order valence-corrected chi connectivity index (χ3v) is 12.2. The van der Waals surface area contributed by atoms with Gasteiger partial charge in [-0.15, -0.1) is 0 Å². The molecule has 2 aromatic heterocycles. The Morgan fingerprint density at radius 2 is 1.48 bits per heavy atom. The summed E-state index contributed by atoms with van der Waals surface area (Å²) in [7, 11) is 0. The molecule has 10 rings (SSSR count). The summed E-state index contributed by atoms with van der Waals surface area (Å²) in [5, 5.41) is 8.44. The van der Waals surface area contributed by atoms with Gasteiger partial charge in [-0.05, 0) is 78.9 Å². The number of nitrogens with zero attached hydrogens (tertiary/aromatic N) is 8. The minimum Gasteiger partial charge on any atom is -0.457 e. The Morgan fingerprint density at radius 3 is 2.26 bits per heavy atom. The Hall–Kier alpha value is -5.37. The molecule has 276 valence electrons. The molecule has 54 heavy (non-hydrogen) atoms. The lowest BCUT2D eigenvalue weighted by atomic mass is 9.95. The van der Waals surface area contributed by atoms with Gasteiger partial charge in [-0.1, -0.05) is 24.3 Å². The van der Waals surface area contributed by atoms with E-state index in [0.29, 0.717) is 30.7 Å². The number of aromatic nitrogens is 4. The third-order valence-electron chi connectivity index (χ3n) is 12.2. The number of nitrogens with one attached hydrogen (secondary N) is 1. The van der Waals surface area contributed by atoms with Gasteiger partial charge in [0.05, 0.1) is 17.5 Å². The van der Waals surface area contributed by atoms with E-state index in [0.717, 1.165) is 99.0 Å². The van der Waals surface area contributed by atoms with Crippen molar-refractivity contribution < 1.29 is 14.3 Å². The van der Waals surface area contributed by atoms with E-state index in [4.69, 9.17) is 15.6 Å². The molecule has 2 amide bonds. The van der Waals surface area contributed by atoms with Crippen molar-refractivity contribution in [2.45, 2.75) is 62.9 Å². The average molecular weight is 725 g/mol. The molecule has 0 saturated carbocycles. The summed E-state index contributed by atoms with van der Waals surface area (Å²) in [6.45, 7) is 7.94. The first-order chi connectivity index (χ1) is 26.4. The van der Waals surface area contributed by atoms with E-state index in [1.807, 2.05) is 54.6 Å². The molecule has 0 aliphatic carbocycles. The summed E-state index contributed by atoms with van der Waals surface area (Å²) in [6.07, 6.45) is 4.58. The fourth-order valence-electron chi connectivity index (χ4n) is 9.02. The maximum absolute atomic E-state index is 12.4. The second kappa shape index (κ2) is 13.5. The van der Waals surface area contributed by atoms with Gasteiger partial charge in [0.25, 0.3) is 0 Å². The summed E-state index contributed by atoms with van der Waals surface area (Å²) in [4.78, 5) is 43.1. The molecule has 0 bridgehead atoms. The quantitative estimate of drug-likeness (QED) is 0.223. The molecule has 0 radical (unpaired) electrons. The van der Waals surface area contributed by atoms with Crippen LogP contribution < -0.4 is 20.7 Å². The molecular formula is C41H44N10O3. The maximum Gasteiger partial charge on any atom is 0.243 e. The Kier molecular flexibility index (Phi) is 8.30. The van der Waals surface area contributed by atoms with E-state index in [2.05, 4.69) is 57.8 Å². The second-order valence-electron chi connectivity index (χ2n) is 15.4. The van der Waals surface area contributed by atoms with E-state index in [-0.39, 0.29) is 23.9 Å². The molecule has 5 aliphatic heterocycles. The van der Waals surface area contributed by atoms with Gasteiger partial charge in [0.2, 0.25) is 11.8 Å². The Balaban J connectivity index is 0.728. The van der Waals surface area contributed by atoms with E-state index < -0.39 is 0 Å².